The molecular weight excluding hydrogens is 218 g/mol. The van der Waals surface area contributed by atoms with Crippen molar-refractivity contribution in [2.75, 3.05) is 12.0 Å². The number of nitrogens with zero attached hydrogens (tertiary/aromatic N) is 2. The number of thioether (sulfide) groups is 1. The van der Waals surface area contributed by atoms with Crippen molar-refractivity contribution in [3.63, 3.8) is 0 Å². The fourth-order valence-corrected chi connectivity index (χ4v) is 2.30. The summed E-state index contributed by atoms with van der Waals surface area (Å²) in [6.45, 7) is 5.20. The van der Waals surface area contributed by atoms with E-state index >= 15 is 0 Å². The summed E-state index contributed by atoms with van der Waals surface area (Å²) in [5.41, 5.74) is 8.57. The molecule has 1 unspecified atom stereocenters. The van der Waals surface area contributed by atoms with Gasteiger partial charge in [-0.1, -0.05) is 6.92 Å². The third kappa shape index (κ3) is 3.83. The predicted octanol–water partition coefficient (Wildman–Crippen LogP) is 2.09. The van der Waals surface area contributed by atoms with Crippen LogP contribution in [0.25, 0.3) is 0 Å². The highest BCUT2D eigenvalue weighted by Crippen LogP contribution is 2.10. The predicted molar refractivity (Wildman–Crippen MR) is 72.0 cm³/mol. The van der Waals surface area contributed by atoms with Gasteiger partial charge in [-0.2, -0.15) is 16.9 Å². The van der Waals surface area contributed by atoms with Crippen LogP contribution in [0.3, 0.4) is 0 Å². The van der Waals surface area contributed by atoms with Crippen LogP contribution in [-0.4, -0.2) is 27.8 Å². The standard InChI is InChI=1S/C12H23N3S/c1-4-11-9-12(15(5-2)14-11)8-10(13)6-7-16-3/h9-10H,4-8,13H2,1-3H3. The van der Waals surface area contributed by atoms with Gasteiger partial charge in [0.1, 0.15) is 0 Å². The lowest BCUT2D eigenvalue weighted by Gasteiger charge is -2.11. The van der Waals surface area contributed by atoms with Crippen LogP contribution in [0.1, 0.15) is 31.7 Å². The molecule has 1 atom stereocenters. The average Bonchev–Trinajstić information content (AvgIpc) is 2.68. The van der Waals surface area contributed by atoms with E-state index in [1.165, 1.54) is 11.4 Å². The van der Waals surface area contributed by atoms with Crippen LogP contribution in [0.5, 0.6) is 0 Å². The van der Waals surface area contributed by atoms with E-state index in [0.717, 1.165) is 31.6 Å². The largest absolute Gasteiger partial charge is 0.327 e. The summed E-state index contributed by atoms with van der Waals surface area (Å²) in [4.78, 5) is 0. The van der Waals surface area contributed by atoms with Gasteiger partial charge in [0.05, 0.1) is 5.69 Å². The summed E-state index contributed by atoms with van der Waals surface area (Å²) in [6, 6.07) is 2.46. The highest BCUT2D eigenvalue weighted by atomic mass is 32.2. The van der Waals surface area contributed by atoms with Crippen molar-refractivity contribution in [3.05, 3.63) is 17.5 Å². The Bertz CT molecular complexity index is 309. The van der Waals surface area contributed by atoms with Gasteiger partial charge in [-0.05, 0) is 37.8 Å². The minimum absolute atomic E-state index is 0.263. The maximum Gasteiger partial charge on any atom is 0.0624 e. The minimum atomic E-state index is 0.263. The van der Waals surface area contributed by atoms with Crippen LogP contribution in [-0.2, 0) is 19.4 Å². The molecule has 4 heteroatoms. The Morgan fingerprint density at radius 2 is 2.25 bits per heavy atom. The SMILES string of the molecule is CCc1cc(CC(N)CCSC)n(CC)n1. The summed E-state index contributed by atoms with van der Waals surface area (Å²) in [5.74, 6) is 1.14. The number of nitrogens with two attached hydrogens (primary N) is 1. The molecule has 0 aliphatic rings. The molecule has 0 saturated heterocycles. The van der Waals surface area contributed by atoms with Crippen LogP contribution in [0.15, 0.2) is 6.07 Å². The van der Waals surface area contributed by atoms with Crippen molar-refractivity contribution in [1.29, 1.82) is 0 Å². The number of hydrogen-bond acceptors (Lipinski definition) is 3. The third-order valence-electron chi connectivity index (χ3n) is 2.74. The molecule has 0 aliphatic heterocycles. The fraction of sp³-hybridized carbons (Fsp3) is 0.750. The summed E-state index contributed by atoms with van der Waals surface area (Å²) in [6.07, 6.45) is 5.15. The Kier molecular flexibility index (Phi) is 5.91. The van der Waals surface area contributed by atoms with Gasteiger partial charge in [0.15, 0.2) is 0 Å². The van der Waals surface area contributed by atoms with E-state index in [1.807, 2.05) is 11.8 Å². The van der Waals surface area contributed by atoms with E-state index in [0.29, 0.717) is 0 Å². The molecule has 16 heavy (non-hydrogen) atoms. The number of aromatic nitrogens is 2. The molecule has 0 amide bonds. The molecule has 1 rings (SSSR count). The number of aryl methyl sites for hydroxylation is 2. The number of hydrogen-bond donors (Lipinski definition) is 1. The van der Waals surface area contributed by atoms with Gasteiger partial charge in [-0.3, -0.25) is 4.68 Å². The van der Waals surface area contributed by atoms with Gasteiger partial charge in [-0.15, -0.1) is 0 Å². The van der Waals surface area contributed by atoms with Crippen molar-refractivity contribution < 1.29 is 0 Å². The molecule has 1 heterocycles. The molecule has 2 N–H and O–H groups in total. The zero-order valence-corrected chi connectivity index (χ0v) is 11.4. The zero-order chi connectivity index (χ0) is 12.0. The zero-order valence-electron chi connectivity index (χ0n) is 10.6. The van der Waals surface area contributed by atoms with E-state index in [2.05, 4.69) is 36.0 Å². The molecule has 0 spiro atoms. The molecule has 1 aromatic rings. The van der Waals surface area contributed by atoms with Crippen LogP contribution < -0.4 is 5.73 Å². The van der Waals surface area contributed by atoms with Gasteiger partial charge < -0.3 is 5.73 Å². The molecule has 92 valence electrons. The van der Waals surface area contributed by atoms with E-state index in [-0.39, 0.29) is 6.04 Å². The van der Waals surface area contributed by atoms with Crippen molar-refractivity contribution in [2.24, 2.45) is 5.73 Å². The summed E-state index contributed by atoms with van der Waals surface area (Å²) < 4.78 is 2.08. The summed E-state index contributed by atoms with van der Waals surface area (Å²) in [7, 11) is 0. The first-order chi connectivity index (χ1) is 7.71. The Hall–Kier alpha value is -0.480. The lowest BCUT2D eigenvalue weighted by molar-refractivity contribution is 0.569. The second kappa shape index (κ2) is 6.97. The first kappa shape index (κ1) is 13.6. The Morgan fingerprint density at radius 3 is 2.81 bits per heavy atom. The van der Waals surface area contributed by atoms with Crippen molar-refractivity contribution in [1.82, 2.24) is 9.78 Å². The van der Waals surface area contributed by atoms with Crippen LogP contribution in [0, 0.1) is 0 Å². The molecule has 0 aromatic carbocycles. The van der Waals surface area contributed by atoms with Gasteiger partial charge in [-0.25, -0.2) is 0 Å². The second-order valence-corrected chi connectivity index (χ2v) is 5.03. The molecule has 0 saturated carbocycles. The highest BCUT2D eigenvalue weighted by Gasteiger charge is 2.10. The first-order valence-corrected chi connectivity index (χ1v) is 7.40. The third-order valence-corrected chi connectivity index (χ3v) is 3.38. The van der Waals surface area contributed by atoms with E-state index in [1.54, 1.807) is 0 Å². The Labute approximate surface area is 103 Å². The van der Waals surface area contributed by atoms with Crippen LogP contribution in [0.2, 0.25) is 0 Å². The van der Waals surface area contributed by atoms with Gasteiger partial charge in [0.2, 0.25) is 0 Å². The molecule has 0 bridgehead atoms. The topological polar surface area (TPSA) is 43.8 Å². The quantitative estimate of drug-likeness (QED) is 0.795. The molecule has 0 fully saturated rings. The van der Waals surface area contributed by atoms with Gasteiger partial charge >= 0.3 is 0 Å². The average molecular weight is 241 g/mol. The van der Waals surface area contributed by atoms with Crippen LogP contribution in [0.4, 0.5) is 0 Å². The Balaban J connectivity index is 2.60. The van der Waals surface area contributed by atoms with Crippen molar-refractivity contribution in [3.8, 4) is 0 Å². The van der Waals surface area contributed by atoms with E-state index < -0.39 is 0 Å². The van der Waals surface area contributed by atoms with E-state index in [9.17, 15) is 0 Å². The van der Waals surface area contributed by atoms with Crippen molar-refractivity contribution in [2.45, 2.75) is 45.7 Å². The monoisotopic (exact) mass is 241 g/mol. The second-order valence-electron chi connectivity index (χ2n) is 4.04. The van der Waals surface area contributed by atoms with Crippen molar-refractivity contribution >= 4 is 11.8 Å². The fourth-order valence-electron chi connectivity index (χ4n) is 1.77. The Morgan fingerprint density at radius 1 is 1.50 bits per heavy atom. The highest BCUT2D eigenvalue weighted by molar-refractivity contribution is 7.98. The lowest BCUT2D eigenvalue weighted by Crippen LogP contribution is -2.25. The minimum Gasteiger partial charge on any atom is -0.327 e. The van der Waals surface area contributed by atoms with Crippen LogP contribution >= 0.6 is 11.8 Å². The summed E-state index contributed by atoms with van der Waals surface area (Å²) >= 11 is 1.86. The molecule has 0 radical (unpaired) electrons. The van der Waals surface area contributed by atoms with Gasteiger partial charge in [0.25, 0.3) is 0 Å². The maximum atomic E-state index is 6.11. The summed E-state index contributed by atoms with van der Waals surface area (Å²) in [5, 5.41) is 4.54. The smallest absolute Gasteiger partial charge is 0.0624 e. The molecule has 3 nitrogen and oxygen atoms in total. The lowest BCUT2D eigenvalue weighted by atomic mass is 10.1. The number of rotatable bonds is 7. The van der Waals surface area contributed by atoms with Gasteiger partial charge in [0, 0.05) is 24.7 Å². The maximum absolute atomic E-state index is 6.11. The first-order valence-electron chi connectivity index (χ1n) is 6.01. The molecule has 0 aliphatic carbocycles. The van der Waals surface area contributed by atoms with E-state index in [4.69, 9.17) is 5.73 Å². The normalized spacial score (nSPS) is 13.0. The molecule has 1 aromatic heterocycles. The molecular formula is C12H23N3S.